The number of hydrogen-bond donors (Lipinski definition) is 1. The molecule has 1 aliphatic heterocycles. The molecule has 1 rings (SSSR count). The van der Waals surface area contributed by atoms with Gasteiger partial charge in [-0.05, 0) is 25.3 Å². The van der Waals surface area contributed by atoms with Crippen molar-refractivity contribution in [1.82, 2.24) is 9.62 Å². The van der Waals surface area contributed by atoms with E-state index in [0.29, 0.717) is 32.2 Å². The molecule has 102 valence electrons. The molecule has 1 N–H and O–H groups in total. The van der Waals surface area contributed by atoms with Crippen molar-refractivity contribution in [2.75, 3.05) is 45.6 Å². The number of piperidine rings is 1. The molecule has 1 atom stereocenters. The summed E-state index contributed by atoms with van der Waals surface area (Å²) in [4.78, 5) is 0. The van der Waals surface area contributed by atoms with Crippen LogP contribution in [0, 0.1) is 5.92 Å². The first kappa shape index (κ1) is 14.9. The molecule has 5 nitrogen and oxygen atoms in total. The second-order valence-electron chi connectivity index (χ2n) is 4.49. The van der Waals surface area contributed by atoms with Gasteiger partial charge in [0.15, 0.2) is 0 Å². The summed E-state index contributed by atoms with van der Waals surface area (Å²) >= 11 is 0. The second-order valence-corrected chi connectivity index (χ2v) is 6.58. The Kier molecular flexibility index (Phi) is 6.40. The van der Waals surface area contributed by atoms with E-state index >= 15 is 0 Å². The molecular formula is C11H24N2O3S. The molecule has 6 heteroatoms. The Balaban J connectivity index is 2.46. The Labute approximate surface area is 105 Å². The molecule has 0 spiro atoms. The summed E-state index contributed by atoms with van der Waals surface area (Å²) in [5.41, 5.74) is 0. The average Bonchev–Trinajstić information content (AvgIpc) is 2.30. The topological polar surface area (TPSA) is 58.6 Å². The largest absolute Gasteiger partial charge is 0.384 e. The Morgan fingerprint density at radius 3 is 2.88 bits per heavy atom. The van der Waals surface area contributed by atoms with E-state index in [1.54, 1.807) is 11.4 Å². The van der Waals surface area contributed by atoms with Crippen LogP contribution in [0.5, 0.6) is 0 Å². The van der Waals surface area contributed by atoms with Gasteiger partial charge in [-0.2, -0.15) is 0 Å². The molecule has 0 aliphatic carbocycles. The zero-order valence-electron chi connectivity index (χ0n) is 10.8. The van der Waals surface area contributed by atoms with Gasteiger partial charge in [-0.25, -0.2) is 12.7 Å². The predicted octanol–water partition coefficient (Wildman–Crippen LogP) is 0.284. The van der Waals surface area contributed by atoms with Crippen LogP contribution in [0.1, 0.15) is 19.8 Å². The van der Waals surface area contributed by atoms with E-state index in [1.165, 1.54) is 0 Å². The van der Waals surface area contributed by atoms with E-state index in [1.807, 2.05) is 6.92 Å². The normalized spacial score (nSPS) is 22.8. The van der Waals surface area contributed by atoms with E-state index in [-0.39, 0.29) is 5.75 Å². The van der Waals surface area contributed by atoms with Crippen molar-refractivity contribution in [2.24, 2.45) is 5.92 Å². The minimum Gasteiger partial charge on any atom is -0.384 e. The predicted molar refractivity (Wildman–Crippen MR) is 68.5 cm³/mol. The smallest absolute Gasteiger partial charge is 0.215 e. The number of sulfonamides is 1. The highest BCUT2D eigenvalue weighted by atomic mass is 32.2. The van der Waals surface area contributed by atoms with Crippen LogP contribution in [0.25, 0.3) is 0 Å². The zero-order valence-corrected chi connectivity index (χ0v) is 11.6. The number of nitrogens with one attached hydrogen (secondary N) is 1. The van der Waals surface area contributed by atoms with Gasteiger partial charge in [0.1, 0.15) is 0 Å². The van der Waals surface area contributed by atoms with Crippen LogP contribution in [0.2, 0.25) is 0 Å². The molecule has 0 aromatic rings. The fourth-order valence-electron chi connectivity index (χ4n) is 2.16. The molecule has 0 aromatic heterocycles. The van der Waals surface area contributed by atoms with Crippen molar-refractivity contribution in [2.45, 2.75) is 19.8 Å². The minimum absolute atomic E-state index is 0.195. The van der Waals surface area contributed by atoms with Crippen molar-refractivity contribution in [3.8, 4) is 0 Å². The van der Waals surface area contributed by atoms with Crippen LogP contribution in [-0.4, -0.2) is 58.4 Å². The summed E-state index contributed by atoms with van der Waals surface area (Å²) in [6, 6.07) is 0. The van der Waals surface area contributed by atoms with Crippen molar-refractivity contribution < 1.29 is 13.2 Å². The lowest BCUT2D eigenvalue weighted by molar-refractivity contribution is 0.118. The third-order valence-electron chi connectivity index (χ3n) is 3.06. The maximum absolute atomic E-state index is 12.1. The lowest BCUT2D eigenvalue weighted by Gasteiger charge is -2.31. The van der Waals surface area contributed by atoms with Gasteiger partial charge in [-0.3, -0.25) is 0 Å². The number of methoxy groups -OCH3 is 1. The van der Waals surface area contributed by atoms with Crippen LogP contribution in [0.3, 0.4) is 0 Å². The van der Waals surface area contributed by atoms with Crippen LogP contribution < -0.4 is 5.32 Å². The minimum atomic E-state index is -3.09. The molecule has 1 unspecified atom stereocenters. The van der Waals surface area contributed by atoms with Crippen molar-refractivity contribution in [3.63, 3.8) is 0 Å². The van der Waals surface area contributed by atoms with Crippen molar-refractivity contribution in [1.29, 1.82) is 0 Å². The van der Waals surface area contributed by atoms with Gasteiger partial charge in [0.25, 0.3) is 0 Å². The van der Waals surface area contributed by atoms with Gasteiger partial charge in [0.05, 0.1) is 12.4 Å². The lowest BCUT2D eigenvalue weighted by Crippen LogP contribution is -2.43. The quantitative estimate of drug-likeness (QED) is 0.671. The summed E-state index contributed by atoms with van der Waals surface area (Å²) in [6.45, 7) is 5.24. The molecule has 0 aromatic carbocycles. The number of hydrogen-bond acceptors (Lipinski definition) is 4. The van der Waals surface area contributed by atoms with E-state index in [4.69, 9.17) is 4.74 Å². The summed E-state index contributed by atoms with van der Waals surface area (Å²) in [5, 5.41) is 3.05. The monoisotopic (exact) mass is 264 g/mol. The van der Waals surface area contributed by atoms with Crippen LogP contribution in [0.4, 0.5) is 0 Å². The second kappa shape index (κ2) is 7.31. The van der Waals surface area contributed by atoms with Gasteiger partial charge in [-0.15, -0.1) is 0 Å². The van der Waals surface area contributed by atoms with E-state index in [9.17, 15) is 8.42 Å². The van der Waals surface area contributed by atoms with E-state index < -0.39 is 10.0 Å². The number of nitrogens with zero attached hydrogens (tertiary/aromatic N) is 1. The van der Waals surface area contributed by atoms with Crippen molar-refractivity contribution >= 4 is 10.0 Å². The van der Waals surface area contributed by atoms with E-state index in [0.717, 1.165) is 19.4 Å². The summed E-state index contributed by atoms with van der Waals surface area (Å²) in [5.74, 6) is 0.545. The maximum atomic E-state index is 12.1. The lowest BCUT2D eigenvalue weighted by atomic mass is 10.0. The maximum Gasteiger partial charge on any atom is 0.215 e. The highest BCUT2D eigenvalue weighted by molar-refractivity contribution is 7.89. The Morgan fingerprint density at radius 1 is 1.47 bits per heavy atom. The summed E-state index contributed by atoms with van der Waals surface area (Å²) in [6.07, 6.45) is 2.00. The van der Waals surface area contributed by atoms with E-state index in [2.05, 4.69) is 5.32 Å². The first-order valence-corrected chi connectivity index (χ1v) is 7.88. The highest BCUT2D eigenvalue weighted by Gasteiger charge is 2.28. The highest BCUT2D eigenvalue weighted by Crippen LogP contribution is 2.19. The molecule has 1 fully saturated rings. The molecule has 1 saturated heterocycles. The van der Waals surface area contributed by atoms with Gasteiger partial charge >= 0.3 is 0 Å². The fraction of sp³-hybridized carbons (Fsp3) is 1.00. The van der Waals surface area contributed by atoms with Gasteiger partial charge in [-0.1, -0.05) is 6.92 Å². The molecule has 1 aliphatic rings. The fourth-order valence-corrected chi connectivity index (χ4v) is 3.66. The Morgan fingerprint density at radius 2 is 2.24 bits per heavy atom. The summed E-state index contributed by atoms with van der Waals surface area (Å²) in [7, 11) is -1.43. The van der Waals surface area contributed by atoms with Gasteiger partial charge in [0, 0.05) is 26.7 Å². The molecule has 0 saturated carbocycles. The third kappa shape index (κ3) is 4.91. The van der Waals surface area contributed by atoms with Crippen LogP contribution in [-0.2, 0) is 14.8 Å². The average molecular weight is 264 g/mol. The van der Waals surface area contributed by atoms with Gasteiger partial charge in [0.2, 0.25) is 10.0 Å². The zero-order chi connectivity index (χ0) is 12.7. The SMILES string of the molecule is CCNCCS(=O)(=O)N1CCCC(COC)C1. The Bertz CT molecular complexity index is 304. The molecule has 0 amide bonds. The first-order valence-electron chi connectivity index (χ1n) is 6.27. The summed E-state index contributed by atoms with van der Waals surface area (Å²) < 4.78 is 30.8. The molecule has 1 heterocycles. The molecule has 17 heavy (non-hydrogen) atoms. The van der Waals surface area contributed by atoms with Crippen molar-refractivity contribution in [3.05, 3.63) is 0 Å². The number of rotatable bonds is 7. The number of ether oxygens (including phenoxy) is 1. The Hall–Kier alpha value is -0.170. The first-order chi connectivity index (χ1) is 8.10. The van der Waals surface area contributed by atoms with Gasteiger partial charge < -0.3 is 10.1 Å². The third-order valence-corrected chi connectivity index (χ3v) is 4.90. The molecular weight excluding hydrogens is 240 g/mol. The van der Waals surface area contributed by atoms with Crippen LogP contribution >= 0.6 is 0 Å². The molecule has 0 bridgehead atoms. The van der Waals surface area contributed by atoms with Crippen LogP contribution in [0.15, 0.2) is 0 Å². The standard InChI is InChI=1S/C11H24N2O3S/c1-3-12-6-8-17(14,15)13-7-4-5-11(9-13)10-16-2/h11-12H,3-10H2,1-2H3. The molecule has 0 radical (unpaired) electrons.